The summed E-state index contributed by atoms with van der Waals surface area (Å²) in [4.78, 5) is 14.5. The summed E-state index contributed by atoms with van der Waals surface area (Å²) in [6.07, 6.45) is 2.81. The summed E-state index contributed by atoms with van der Waals surface area (Å²) in [6, 6.07) is 15.7. The first-order chi connectivity index (χ1) is 10.9. The minimum absolute atomic E-state index is 0.159. The van der Waals surface area contributed by atoms with Crippen molar-refractivity contribution in [1.82, 2.24) is 4.90 Å². The van der Waals surface area contributed by atoms with Gasteiger partial charge in [-0.05, 0) is 29.8 Å². The van der Waals surface area contributed by atoms with Crippen molar-refractivity contribution < 1.29 is 13.2 Å². The molecule has 0 aromatic heterocycles. The number of sulfone groups is 1. The molecular formula is C18H19NO3S. The molecule has 0 atom stereocenters. The Morgan fingerprint density at radius 1 is 1.09 bits per heavy atom. The van der Waals surface area contributed by atoms with E-state index in [2.05, 4.69) is 6.58 Å². The first kappa shape index (κ1) is 17.0. The molecule has 1 amide bonds. The fraction of sp³-hybridized carbons (Fsp3) is 0.167. The molecule has 5 heteroatoms. The van der Waals surface area contributed by atoms with E-state index >= 15 is 0 Å². The minimum Gasteiger partial charge on any atom is -0.331 e. The highest BCUT2D eigenvalue weighted by molar-refractivity contribution is 7.90. The van der Waals surface area contributed by atoms with Gasteiger partial charge in [0.15, 0.2) is 9.84 Å². The largest absolute Gasteiger partial charge is 0.331 e. The SMILES string of the molecule is C=CCN(Cc1ccccc1)C(=O)c1ccc(S(C)(=O)=O)cc1. The monoisotopic (exact) mass is 329 g/mol. The topological polar surface area (TPSA) is 54.5 Å². The Balaban J connectivity index is 2.22. The number of hydrogen-bond acceptors (Lipinski definition) is 3. The Kier molecular flexibility index (Phi) is 5.34. The number of benzene rings is 2. The van der Waals surface area contributed by atoms with Crippen LogP contribution in [0.1, 0.15) is 15.9 Å². The van der Waals surface area contributed by atoms with E-state index in [4.69, 9.17) is 0 Å². The van der Waals surface area contributed by atoms with Crippen LogP contribution in [0.2, 0.25) is 0 Å². The maximum Gasteiger partial charge on any atom is 0.254 e. The van der Waals surface area contributed by atoms with E-state index in [-0.39, 0.29) is 10.8 Å². The highest BCUT2D eigenvalue weighted by Crippen LogP contribution is 2.14. The van der Waals surface area contributed by atoms with E-state index < -0.39 is 9.84 Å². The Bertz CT molecular complexity index is 781. The lowest BCUT2D eigenvalue weighted by Gasteiger charge is -2.21. The van der Waals surface area contributed by atoms with Crippen LogP contribution in [-0.4, -0.2) is 32.0 Å². The molecule has 2 aromatic carbocycles. The molecule has 2 aromatic rings. The van der Waals surface area contributed by atoms with Crippen LogP contribution >= 0.6 is 0 Å². The molecular weight excluding hydrogens is 310 g/mol. The molecule has 0 aliphatic rings. The summed E-state index contributed by atoms with van der Waals surface area (Å²) < 4.78 is 23.0. The van der Waals surface area contributed by atoms with Gasteiger partial charge < -0.3 is 4.90 Å². The molecule has 0 unspecified atom stereocenters. The number of carbonyl (C=O) groups is 1. The van der Waals surface area contributed by atoms with Crippen LogP contribution < -0.4 is 0 Å². The molecule has 4 nitrogen and oxygen atoms in total. The Morgan fingerprint density at radius 2 is 1.70 bits per heavy atom. The van der Waals surface area contributed by atoms with E-state index in [1.807, 2.05) is 30.3 Å². The molecule has 0 fully saturated rings. The van der Waals surface area contributed by atoms with Crippen molar-refractivity contribution >= 4 is 15.7 Å². The molecule has 0 heterocycles. The Hall–Kier alpha value is -2.40. The number of nitrogens with zero attached hydrogens (tertiary/aromatic N) is 1. The fourth-order valence-corrected chi connectivity index (χ4v) is 2.84. The highest BCUT2D eigenvalue weighted by Gasteiger charge is 2.16. The maximum atomic E-state index is 12.6. The van der Waals surface area contributed by atoms with Crippen LogP contribution in [0, 0.1) is 0 Å². The number of rotatable bonds is 6. The molecule has 0 aliphatic heterocycles. The van der Waals surface area contributed by atoms with Gasteiger partial charge in [-0.3, -0.25) is 4.79 Å². The quantitative estimate of drug-likeness (QED) is 0.766. The van der Waals surface area contributed by atoms with Gasteiger partial charge in [-0.15, -0.1) is 6.58 Å². The molecule has 120 valence electrons. The molecule has 0 N–H and O–H groups in total. The molecule has 0 saturated carbocycles. The van der Waals surface area contributed by atoms with Crippen molar-refractivity contribution in [2.45, 2.75) is 11.4 Å². The van der Waals surface area contributed by atoms with Crippen LogP contribution in [-0.2, 0) is 16.4 Å². The van der Waals surface area contributed by atoms with Crippen molar-refractivity contribution in [3.05, 3.63) is 78.4 Å². The average Bonchev–Trinajstić information content (AvgIpc) is 2.54. The zero-order valence-electron chi connectivity index (χ0n) is 13.0. The molecule has 0 spiro atoms. The van der Waals surface area contributed by atoms with E-state index in [0.717, 1.165) is 11.8 Å². The molecule has 23 heavy (non-hydrogen) atoms. The van der Waals surface area contributed by atoms with E-state index in [9.17, 15) is 13.2 Å². The standard InChI is InChI=1S/C18H19NO3S/c1-3-13-19(14-15-7-5-4-6-8-15)18(20)16-9-11-17(12-10-16)23(2,21)22/h3-12H,1,13-14H2,2H3. The van der Waals surface area contributed by atoms with Crippen LogP contribution in [0.3, 0.4) is 0 Å². The maximum absolute atomic E-state index is 12.6. The summed E-state index contributed by atoms with van der Waals surface area (Å²) in [5.41, 5.74) is 1.48. The number of carbonyl (C=O) groups excluding carboxylic acids is 1. The van der Waals surface area contributed by atoms with Gasteiger partial charge in [0.1, 0.15) is 0 Å². The third-order valence-electron chi connectivity index (χ3n) is 3.38. The minimum atomic E-state index is -3.27. The molecule has 0 radical (unpaired) electrons. The Labute approximate surface area is 137 Å². The van der Waals surface area contributed by atoms with E-state index in [1.54, 1.807) is 23.1 Å². The zero-order valence-corrected chi connectivity index (χ0v) is 13.8. The lowest BCUT2D eigenvalue weighted by Crippen LogP contribution is -2.30. The Morgan fingerprint density at radius 3 is 2.22 bits per heavy atom. The summed E-state index contributed by atoms with van der Waals surface area (Å²) >= 11 is 0. The van der Waals surface area contributed by atoms with E-state index in [0.29, 0.717) is 18.7 Å². The van der Waals surface area contributed by atoms with Crippen molar-refractivity contribution in [3.8, 4) is 0 Å². The third kappa shape index (κ3) is 4.53. The normalized spacial score (nSPS) is 11.0. The highest BCUT2D eigenvalue weighted by atomic mass is 32.2. The van der Waals surface area contributed by atoms with E-state index in [1.165, 1.54) is 12.1 Å². The zero-order chi connectivity index (χ0) is 16.9. The fourth-order valence-electron chi connectivity index (χ4n) is 2.21. The number of amides is 1. The molecule has 2 rings (SSSR count). The van der Waals surface area contributed by atoms with Crippen molar-refractivity contribution in [2.75, 3.05) is 12.8 Å². The van der Waals surface area contributed by atoms with Crippen LogP contribution in [0.25, 0.3) is 0 Å². The second-order valence-electron chi connectivity index (χ2n) is 5.26. The van der Waals surface area contributed by atoms with Gasteiger partial charge in [0.2, 0.25) is 0 Å². The smallest absolute Gasteiger partial charge is 0.254 e. The van der Waals surface area contributed by atoms with Crippen LogP contribution in [0.4, 0.5) is 0 Å². The summed E-state index contributed by atoms with van der Waals surface area (Å²) in [5.74, 6) is -0.159. The first-order valence-corrected chi connectivity index (χ1v) is 9.05. The average molecular weight is 329 g/mol. The van der Waals surface area contributed by atoms with Gasteiger partial charge in [0.25, 0.3) is 5.91 Å². The van der Waals surface area contributed by atoms with Gasteiger partial charge in [0.05, 0.1) is 4.90 Å². The molecule has 0 bridgehead atoms. The second kappa shape index (κ2) is 7.24. The molecule has 0 aliphatic carbocycles. The summed E-state index contributed by atoms with van der Waals surface area (Å²) in [6.45, 7) is 4.58. The predicted octanol–water partition coefficient (Wildman–Crippen LogP) is 2.92. The number of hydrogen-bond donors (Lipinski definition) is 0. The summed E-state index contributed by atoms with van der Waals surface area (Å²) in [7, 11) is -3.27. The van der Waals surface area contributed by atoms with Gasteiger partial charge in [-0.1, -0.05) is 36.4 Å². The lowest BCUT2D eigenvalue weighted by atomic mass is 10.1. The van der Waals surface area contributed by atoms with Crippen molar-refractivity contribution in [2.24, 2.45) is 0 Å². The van der Waals surface area contributed by atoms with Crippen molar-refractivity contribution in [3.63, 3.8) is 0 Å². The second-order valence-corrected chi connectivity index (χ2v) is 7.27. The van der Waals surface area contributed by atoms with Crippen LogP contribution in [0.5, 0.6) is 0 Å². The van der Waals surface area contributed by atoms with Crippen LogP contribution in [0.15, 0.2) is 72.1 Å². The predicted molar refractivity (Wildman–Crippen MR) is 90.9 cm³/mol. The first-order valence-electron chi connectivity index (χ1n) is 7.16. The summed E-state index contributed by atoms with van der Waals surface area (Å²) in [5, 5.41) is 0. The van der Waals surface area contributed by atoms with Gasteiger partial charge in [-0.25, -0.2) is 8.42 Å². The van der Waals surface area contributed by atoms with Crippen molar-refractivity contribution in [1.29, 1.82) is 0 Å². The lowest BCUT2D eigenvalue weighted by molar-refractivity contribution is 0.0762. The van der Waals surface area contributed by atoms with Gasteiger partial charge >= 0.3 is 0 Å². The van der Waals surface area contributed by atoms with Gasteiger partial charge in [-0.2, -0.15) is 0 Å². The van der Waals surface area contributed by atoms with Gasteiger partial charge in [0, 0.05) is 24.9 Å². The molecule has 0 saturated heterocycles. The third-order valence-corrected chi connectivity index (χ3v) is 4.51.